The lowest BCUT2D eigenvalue weighted by Gasteiger charge is -2.19. The molecule has 1 aromatic rings. The van der Waals surface area contributed by atoms with Gasteiger partial charge in [-0.3, -0.25) is 20.0 Å². The molecular weight excluding hydrogens is 348 g/mol. The first kappa shape index (κ1) is 20.3. The normalized spacial score (nSPS) is 27.8. The predicted molar refractivity (Wildman–Crippen MR) is 88.2 cm³/mol. The van der Waals surface area contributed by atoms with Crippen LogP contribution in [0.1, 0.15) is 26.5 Å². The van der Waals surface area contributed by atoms with Gasteiger partial charge < -0.3 is 25.4 Å². The first-order chi connectivity index (χ1) is 12.3. The van der Waals surface area contributed by atoms with Gasteiger partial charge in [0.2, 0.25) is 0 Å². The molecular formula is C15H24N4O7. The number of carbonyl (C=O) groups is 1. The number of rotatable bonds is 7. The molecule has 26 heavy (non-hydrogen) atoms. The summed E-state index contributed by atoms with van der Waals surface area (Å²) in [5.41, 5.74) is 6.69. The third-order valence-corrected chi connectivity index (χ3v) is 4.47. The molecule has 1 fully saturated rings. The molecule has 0 aliphatic carbocycles. The van der Waals surface area contributed by atoms with Crippen LogP contribution >= 0.6 is 0 Å². The van der Waals surface area contributed by atoms with Crippen molar-refractivity contribution in [3.05, 3.63) is 22.7 Å². The van der Waals surface area contributed by atoms with E-state index in [1.807, 2.05) is 13.8 Å². The van der Waals surface area contributed by atoms with E-state index in [2.05, 4.69) is 4.98 Å². The van der Waals surface area contributed by atoms with Crippen LogP contribution in [0, 0.1) is 5.92 Å². The SMILES string of the molecule is CC[C@H](C)[C@H](N)C(=O)OC[C@H]1O[C@@H](n2ccc(NO)nc2=O)[C@H](O)[C@@H]1O. The van der Waals surface area contributed by atoms with Gasteiger partial charge in [-0.25, -0.2) is 4.79 Å². The van der Waals surface area contributed by atoms with Gasteiger partial charge in [-0.1, -0.05) is 20.3 Å². The summed E-state index contributed by atoms with van der Waals surface area (Å²) in [6.07, 6.45) is -3.13. The number of esters is 1. The van der Waals surface area contributed by atoms with E-state index in [-0.39, 0.29) is 18.3 Å². The zero-order valence-electron chi connectivity index (χ0n) is 14.5. The van der Waals surface area contributed by atoms with Crippen LogP contribution in [-0.4, -0.2) is 61.9 Å². The number of nitrogens with one attached hydrogen (secondary N) is 1. The minimum absolute atomic E-state index is 0.0708. The number of aliphatic hydroxyl groups excluding tert-OH is 2. The molecule has 0 saturated carbocycles. The highest BCUT2D eigenvalue weighted by atomic mass is 16.6. The van der Waals surface area contributed by atoms with Gasteiger partial charge in [-0.2, -0.15) is 4.98 Å². The summed E-state index contributed by atoms with van der Waals surface area (Å²) in [4.78, 5) is 27.4. The van der Waals surface area contributed by atoms with E-state index in [1.54, 1.807) is 5.48 Å². The van der Waals surface area contributed by atoms with Gasteiger partial charge in [0.25, 0.3) is 0 Å². The van der Waals surface area contributed by atoms with Gasteiger partial charge in [0.1, 0.15) is 31.0 Å². The second-order valence-electron chi connectivity index (χ2n) is 6.20. The van der Waals surface area contributed by atoms with Gasteiger partial charge in [0, 0.05) is 6.20 Å². The zero-order chi connectivity index (χ0) is 19.4. The third-order valence-electron chi connectivity index (χ3n) is 4.47. The lowest BCUT2D eigenvalue weighted by atomic mass is 10.0. The molecule has 1 aliphatic heterocycles. The van der Waals surface area contributed by atoms with E-state index in [9.17, 15) is 19.8 Å². The van der Waals surface area contributed by atoms with Crippen molar-refractivity contribution in [2.75, 3.05) is 12.1 Å². The molecule has 0 spiro atoms. The standard InChI is InChI=1S/C15H24N4O7/c1-3-7(2)10(16)14(22)25-6-8-11(20)12(21)13(26-8)19-5-4-9(18-24)17-15(19)23/h4-5,7-8,10-13,20-21,24H,3,6,16H2,1-2H3,(H,17,18,23)/t7-,8+,10-,11+,12+,13+/m0/s1. The smallest absolute Gasteiger partial charge is 0.351 e. The van der Waals surface area contributed by atoms with E-state index in [0.717, 1.165) is 4.57 Å². The number of nitrogens with two attached hydrogens (primary N) is 1. The fourth-order valence-electron chi connectivity index (χ4n) is 2.51. The van der Waals surface area contributed by atoms with Crippen molar-refractivity contribution in [3.8, 4) is 0 Å². The monoisotopic (exact) mass is 372 g/mol. The largest absolute Gasteiger partial charge is 0.462 e. The molecule has 1 aromatic heterocycles. The average molecular weight is 372 g/mol. The topological polar surface area (TPSA) is 169 Å². The van der Waals surface area contributed by atoms with Crippen molar-refractivity contribution in [2.45, 2.75) is 50.8 Å². The van der Waals surface area contributed by atoms with E-state index in [4.69, 9.17) is 20.4 Å². The van der Waals surface area contributed by atoms with Gasteiger partial charge in [-0.15, -0.1) is 0 Å². The summed E-state index contributed by atoms with van der Waals surface area (Å²) >= 11 is 0. The van der Waals surface area contributed by atoms with E-state index < -0.39 is 42.2 Å². The van der Waals surface area contributed by atoms with Crippen LogP contribution in [0.15, 0.2) is 17.1 Å². The zero-order valence-corrected chi connectivity index (χ0v) is 14.5. The molecule has 6 N–H and O–H groups in total. The predicted octanol–water partition coefficient (Wildman–Crippen LogP) is -1.42. The molecule has 11 heteroatoms. The van der Waals surface area contributed by atoms with Gasteiger partial charge >= 0.3 is 11.7 Å². The maximum Gasteiger partial charge on any atom is 0.351 e. The van der Waals surface area contributed by atoms with Crippen LogP contribution in [0.3, 0.4) is 0 Å². The molecule has 2 rings (SSSR count). The molecule has 0 radical (unpaired) electrons. The molecule has 0 amide bonds. The average Bonchev–Trinajstić information content (AvgIpc) is 2.92. The highest BCUT2D eigenvalue weighted by molar-refractivity contribution is 5.75. The molecule has 0 unspecified atom stereocenters. The van der Waals surface area contributed by atoms with Crippen molar-refractivity contribution in [1.29, 1.82) is 0 Å². The van der Waals surface area contributed by atoms with Gasteiger partial charge in [-0.05, 0) is 12.0 Å². The van der Waals surface area contributed by atoms with E-state index >= 15 is 0 Å². The second-order valence-corrected chi connectivity index (χ2v) is 6.20. The van der Waals surface area contributed by atoms with Crippen molar-refractivity contribution < 1.29 is 29.7 Å². The summed E-state index contributed by atoms with van der Waals surface area (Å²) in [5, 5.41) is 29.0. The van der Waals surface area contributed by atoms with Crippen molar-refractivity contribution in [1.82, 2.24) is 9.55 Å². The van der Waals surface area contributed by atoms with E-state index in [1.165, 1.54) is 12.3 Å². The second kappa shape index (κ2) is 8.56. The number of aromatic nitrogens is 2. The van der Waals surface area contributed by atoms with Crippen LogP contribution in [-0.2, 0) is 14.3 Å². The van der Waals surface area contributed by atoms with Crippen LogP contribution in [0.4, 0.5) is 5.82 Å². The van der Waals surface area contributed by atoms with Crippen LogP contribution in [0.2, 0.25) is 0 Å². The Balaban J connectivity index is 2.03. The van der Waals surface area contributed by atoms with Gasteiger partial charge in [0.15, 0.2) is 12.0 Å². The highest BCUT2D eigenvalue weighted by Crippen LogP contribution is 2.28. The molecule has 0 aromatic carbocycles. The minimum Gasteiger partial charge on any atom is -0.462 e. The Labute approximate surface area is 149 Å². The number of hydrogen-bond acceptors (Lipinski definition) is 10. The Morgan fingerprint density at radius 3 is 2.77 bits per heavy atom. The molecule has 11 nitrogen and oxygen atoms in total. The van der Waals surface area contributed by atoms with Crippen LogP contribution in [0.5, 0.6) is 0 Å². The first-order valence-electron chi connectivity index (χ1n) is 8.23. The number of carbonyl (C=O) groups excluding carboxylic acids is 1. The molecule has 2 heterocycles. The van der Waals surface area contributed by atoms with Gasteiger partial charge in [0.05, 0.1) is 0 Å². The summed E-state index contributed by atoms with van der Waals surface area (Å²) in [5.74, 6) is -0.785. The maximum atomic E-state index is 11.9. The Hall–Kier alpha value is -2.05. The Kier molecular flexibility index (Phi) is 6.67. The Morgan fingerprint density at radius 2 is 2.19 bits per heavy atom. The lowest BCUT2D eigenvalue weighted by Crippen LogP contribution is -2.41. The van der Waals surface area contributed by atoms with Crippen LogP contribution in [0.25, 0.3) is 0 Å². The third kappa shape index (κ3) is 4.19. The Bertz CT molecular complexity index is 682. The minimum atomic E-state index is -1.44. The number of nitrogens with zero attached hydrogens (tertiary/aromatic N) is 2. The Morgan fingerprint density at radius 1 is 1.50 bits per heavy atom. The van der Waals surface area contributed by atoms with Crippen molar-refractivity contribution in [2.24, 2.45) is 11.7 Å². The summed E-state index contributed by atoms with van der Waals surface area (Å²) in [6, 6.07) is 0.479. The highest BCUT2D eigenvalue weighted by Gasteiger charge is 2.45. The summed E-state index contributed by atoms with van der Waals surface area (Å²) in [7, 11) is 0. The molecule has 6 atom stereocenters. The first-order valence-corrected chi connectivity index (χ1v) is 8.23. The number of anilines is 1. The van der Waals surface area contributed by atoms with E-state index in [0.29, 0.717) is 6.42 Å². The molecule has 0 bridgehead atoms. The summed E-state index contributed by atoms with van der Waals surface area (Å²) < 4.78 is 11.5. The van der Waals surface area contributed by atoms with Crippen molar-refractivity contribution in [3.63, 3.8) is 0 Å². The lowest BCUT2D eigenvalue weighted by molar-refractivity contribution is -0.153. The van der Waals surface area contributed by atoms with Crippen LogP contribution < -0.4 is 16.9 Å². The maximum absolute atomic E-state index is 11.9. The number of ether oxygens (including phenoxy) is 2. The molecule has 1 aliphatic rings. The van der Waals surface area contributed by atoms with Crippen molar-refractivity contribution >= 4 is 11.8 Å². The number of hydrogen-bond donors (Lipinski definition) is 5. The quantitative estimate of drug-likeness (QED) is 0.283. The molecule has 1 saturated heterocycles. The molecule has 146 valence electrons. The number of aliphatic hydroxyl groups is 2. The summed E-state index contributed by atoms with van der Waals surface area (Å²) in [6.45, 7) is 3.39. The fraction of sp³-hybridized carbons (Fsp3) is 0.667. The fourth-order valence-corrected chi connectivity index (χ4v) is 2.51.